The zero-order valence-electron chi connectivity index (χ0n) is 13.2. The van der Waals surface area contributed by atoms with Crippen LogP contribution in [-0.4, -0.2) is 42.6 Å². The van der Waals surface area contributed by atoms with Crippen LogP contribution < -0.4 is 0 Å². The molecule has 1 aromatic heterocycles. The summed E-state index contributed by atoms with van der Waals surface area (Å²) in [7, 11) is -3.41. The second-order valence-electron chi connectivity index (χ2n) is 5.35. The van der Waals surface area contributed by atoms with Crippen molar-refractivity contribution < 1.29 is 23.1 Å². The van der Waals surface area contributed by atoms with Crippen molar-refractivity contribution in [2.75, 3.05) is 6.26 Å². The molecule has 0 fully saturated rings. The number of carbonyl (C=O) groups excluding carboxylic acids is 1. The number of amides is 1. The van der Waals surface area contributed by atoms with Crippen molar-refractivity contribution in [3.05, 3.63) is 52.2 Å². The van der Waals surface area contributed by atoms with Crippen LogP contribution in [0, 0.1) is 0 Å². The fourth-order valence-electron chi connectivity index (χ4n) is 2.06. The van der Waals surface area contributed by atoms with Crippen LogP contribution in [0.5, 0.6) is 0 Å². The number of carboxylic acids is 1. The Morgan fingerprint density at radius 3 is 2.38 bits per heavy atom. The fraction of sp³-hybridized carbons (Fsp3) is 0.250. The fourth-order valence-corrected chi connectivity index (χ4v) is 4.04. The van der Waals surface area contributed by atoms with Crippen molar-refractivity contribution in [1.82, 2.24) is 4.90 Å². The van der Waals surface area contributed by atoms with Gasteiger partial charge in [-0.15, -0.1) is 11.3 Å². The highest BCUT2D eigenvalue weighted by Gasteiger charge is 2.28. The molecule has 0 bridgehead atoms. The Hall–Kier alpha value is -2.19. The Morgan fingerprint density at radius 1 is 1.25 bits per heavy atom. The van der Waals surface area contributed by atoms with E-state index in [2.05, 4.69) is 0 Å². The number of benzene rings is 1. The van der Waals surface area contributed by atoms with Crippen molar-refractivity contribution in [3.8, 4) is 0 Å². The molecule has 1 heterocycles. The van der Waals surface area contributed by atoms with Gasteiger partial charge in [0.05, 0.1) is 9.77 Å². The highest BCUT2D eigenvalue weighted by molar-refractivity contribution is 7.90. The monoisotopic (exact) mass is 367 g/mol. The van der Waals surface area contributed by atoms with Gasteiger partial charge < -0.3 is 10.0 Å². The summed E-state index contributed by atoms with van der Waals surface area (Å²) in [5, 5.41) is 10.7. The van der Waals surface area contributed by atoms with Crippen LogP contribution in [0.1, 0.15) is 22.2 Å². The molecule has 1 atom stereocenters. The van der Waals surface area contributed by atoms with Crippen LogP contribution >= 0.6 is 11.3 Å². The van der Waals surface area contributed by atoms with Gasteiger partial charge in [0.15, 0.2) is 9.84 Å². The number of sulfone groups is 1. The van der Waals surface area contributed by atoms with E-state index < -0.39 is 27.8 Å². The van der Waals surface area contributed by atoms with Crippen molar-refractivity contribution in [3.63, 3.8) is 0 Å². The van der Waals surface area contributed by atoms with E-state index in [1.54, 1.807) is 24.3 Å². The summed E-state index contributed by atoms with van der Waals surface area (Å²) in [4.78, 5) is 25.5. The standard InChI is InChI=1S/C16H17NO5S2/c1-11(16(19)20)17(9-12-6-4-3-5-7-12)15(18)14-8-13(10-23-14)24(2,21)22/h3-8,10-11H,9H2,1-2H3,(H,19,20). The van der Waals surface area contributed by atoms with Crippen LogP contribution in [0.15, 0.2) is 46.7 Å². The van der Waals surface area contributed by atoms with Crippen molar-refractivity contribution in [2.45, 2.75) is 24.4 Å². The summed E-state index contributed by atoms with van der Waals surface area (Å²) < 4.78 is 23.1. The first-order valence-electron chi connectivity index (χ1n) is 7.06. The normalized spacial score (nSPS) is 12.6. The van der Waals surface area contributed by atoms with Crippen LogP contribution in [-0.2, 0) is 21.2 Å². The van der Waals surface area contributed by atoms with Gasteiger partial charge in [-0.05, 0) is 18.6 Å². The van der Waals surface area contributed by atoms with Crippen LogP contribution in [0.3, 0.4) is 0 Å². The summed E-state index contributed by atoms with van der Waals surface area (Å²) >= 11 is 0.989. The minimum Gasteiger partial charge on any atom is -0.480 e. The largest absolute Gasteiger partial charge is 0.480 e. The SMILES string of the molecule is CC(C(=O)O)N(Cc1ccccc1)C(=O)c1cc(S(C)(=O)=O)cs1. The lowest BCUT2D eigenvalue weighted by atomic mass is 10.1. The van der Waals surface area contributed by atoms with E-state index in [1.807, 2.05) is 6.07 Å². The zero-order chi connectivity index (χ0) is 17.9. The molecule has 128 valence electrons. The molecule has 1 aromatic carbocycles. The zero-order valence-corrected chi connectivity index (χ0v) is 14.8. The molecule has 0 aliphatic rings. The molecule has 0 saturated heterocycles. The third kappa shape index (κ3) is 4.21. The molecule has 0 spiro atoms. The van der Waals surface area contributed by atoms with Gasteiger partial charge in [0.25, 0.3) is 5.91 Å². The van der Waals surface area contributed by atoms with E-state index in [0.717, 1.165) is 23.2 Å². The number of aliphatic carboxylic acids is 1. The maximum Gasteiger partial charge on any atom is 0.326 e. The van der Waals surface area contributed by atoms with Gasteiger partial charge in [0.1, 0.15) is 6.04 Å². The quantitative estimate of drug-likeness (QED) is 0.845. The van der Waals surface area contributed by atoms with Crippen LogP contribution in [0.25, 0.3) is 0 Å². The number of hydrogen-bond donors (Lipinski definition) is 1. The Kier molecular flexibility index (Phi) is 5.40. The van der Waals surface area contributed by atoms with Gasteiger partial charge in [-0.1, -0.05) is 30.3 Å². The first-order chi connectivity index (χ1) is 11.2. The molecule has 1 N–H and O–H groups in total. The van der Waals surface area contributed by atoms with Gasteiger partial charge in [-0.3, -0.25) is 4.79 Å². The van der Waals surface area contributed by atoms with Gasteiger partial charge >= 0.3 is 5.97 Å². The molecule has 2 rings (SSSR count). The summed E-state index contributed by atoms with van der Waals surface area (Å²) in [6, 6.07) is 9.27. The number of rotatable bonds is 6. The maximum atomic E-state index is 12.7. The van der Waals surface area contributed by atoms with Gasteiger partial charge in [-0.25, -0.2) is 13.2 Å². The minimum atomic E-state index is -3.41. The summed E-state index contributed by atoms with van der Waals surface area (Å²) in [6.45, 7) is 1.55. The molecular formula is C16H17NO5S2. The summed E-state index contributed by atoms with van der Waals surface area (Å²) in [6.07, 6.45) is 1.06. The Morgan fingerprint density at radius 2 is 1.88 bits per heavy atom. The topological polar surface area (TPSA) is 91.8 Å². The van der Waals surface area contributed by atoms with Crippen LogP contribution in [0.2, 0.25) is 0 Å². The van der Waals surface area contributed by atoms with E-state index in [4.69, 9.17) is 0 Å². The summed E-state index contributed by atoms with van der Waals surface area (Å²) in [5.74, 6) is -1.63. The number of carboxylic acid groups (broad SMARTS) is 1. The molecule has 0 aliphatic heterocycles. The van der Waals surface area contributed by atoms with Crippen molar-refractivity contribution in [1.29, 1.82) is 0 Å². The highest BCUT2D eigenvalue weighted by Crippen LogP contribution is 2.22. The van der Waals surface area contributed by atoms with E-state index in [9.17, 15) is 23.1 Å². The van der Waals surface area contributed by atoms with Gasteiger partial charge in [0.2, 0.25) is 0 Å². The molecule has 0 aliphatic carbocycles. The molecule has 24 heavy (non-hydrogen) atoms. The molecule has 1 amide bonds. The first kappa shape index (κ1) is 18.2. The van der Waals surface area contributed by atoms with E-state index in [-0.39, 0.29) is 16.3 Å². The number of nitrogens with zero attached hydrogens (tertiary/aromatic N) is 1. The lowest BCUT2D eigenvalue weighted by Gasteiger charge is -2.26. The lowest BCUT2D eigenvalue weighted by Crippen LogP contribution is -2.42. The van der Waals surface area contributed by atoms with Crippen LogP contribution in [0.4, 0.5) is 0 Å². The van der Waals surface area contributed by atoms with E-state index >= 15 is 0 Å². The lowest BCUT2D eigenvalue weighted by molar-refractivity contribution is -0.141. The molecule has 2 aromatic rings. The maximum absolute atomic E-state index is 12.7. The molecular weight excluding hydrogens is 350 g/mol. The Labute approximate surface area is 144 Å². The molecule has 8 heteroatoms. The number of thiophene rings is 1. The smallest absolute Gasteiger partial charge is 0.326 e. The minimum absolute atomic E-state index is 0.0542. The van der Waals surface area contributed by atoms with E-state index in [1.165, 1.54) is 23.3 Å². The second kappa shape index (κ2) is 7.14. The van der Waals surface area contributed by atoms with Gasteiger partial charge in [0, 0.05) is 18.2 Å². The van der Waals surface area contributed by atoms with Gasteiger partial charge in [-0.2, -0.15) is 0 Å². The molecule has 0 saturated carbocycles. The third-order valence-electron chi connectivity index (χ3n) is 3.50. The summed E-state index contributed by atoms with van der Waals surface area (Å²) in [5.41, 5.74) is 0.791. The predicted octanol–water partition coefficient (Wildman–Crippen LogP) is 2.27. The average Bonchev–Trinajstić information content (AvgIpc) is 3.02. The van der Waals surface area contributed by atoms with Crippen molar-refractivity contribution >= 4 is 33.1 Å². The second-order valence-corrected chi connectivity index (χ2v) is 8.28. The number of carbonyl (C=O) groups is 2. The molecule has 1 unspecified atom stereocenters. The highest BCUT2D eigenvalue weighted by atomic mass is 32.2. The Bertz CT molecular complexity index is 842. The Balaban J connectivity index is 2.34. The molecule has 0 radical (unpaired) electrons. The average molecular weight is 367 g/mol. The number of hydrogen-bond acceptors (Lipinski definition) is 5. The predicted molar refractivity (Wildman–Crippen MR) is 90.8 cm³/mol. The first-order valence-corrected chi connectivity index (χ1v) is 9.83. The molecule has 6 nitrogen and oxygen atoms in total. The van der Waals surface area contributed by atoms with E-state index in [0.29, 0.717) is 0 Å². The third-order valence-corrected chi connectivity index (χ3v) is 5.66. The van der Waals surface area contributed by atoms with Crippen molar-refractivity contribution in [2.24, 2.45) is 0 Å².